The molecule has 2 aliphatic carbocycles. The predicted molar refractivity (Wildman–Crippen MR) is 114 cm³/mol. The zero-order valence-electron chi connectivity index (χ0n) is 16.4. The molecule has 5 nitrogen and oxygen atoms in total. The van der Waals surface area contributed by atoms with E-state index in [1.165, 1.54) is 30.4 Å². The van der Waals surface area contributed by atoms with E-state index in [9.17, 15) is 9.90 Å². The number of hydrogen-bond donors (Lipinski definition) is 2. The second-order valence-electron chi connectivity index (χ2n) is 8.40. The largest absolute Gasteiger partial charge is 0.493 e. The van der Waals surface area contributed by atoms with Crippen LogP contribution in [0.15, 0.2) is 34.8 Å². The van der Waals surface area contributed by atoms with Gasteiger partial charge in [-0.1, -0.05) is 0 Å². The fourth-order valence-corrected chi connectivity index (χ4v) is 6.69. The number of ether oxygens (including phenoxy) is 2. The van der Waals surface area contributed by atoms with Gasteiger partial charge in [0.15, 0.2) is 11.5 Å². The summed E-state index contributed by atoms with van der Waals surface area (Å²) in [6, 6.07) is 9.88. The van der Waals surface area contributed by atoms with Crippen LogP contribution in [0.3, 0.4) is 0 Å². The molecule has 0 saturated heterocycles. The first-order chi connectivity index (χ1) is 14.0. The van der Waals surface area contributed by atoms with Crippen molar-refractivity contribution in [1.82, 2.24) is 0 Å². The number of carboxylic acid groups (broad SMARTS) is 1. The van der Waals surface area contributed by atoms with E-state index in [4.69, 9.17) is 9.47 Å². The molecule has 2 bridgehead atoms. The second kappa shape index (κ2) is 6.94. The van der Waals surface area contributed by atoms with E-state index < -0.39 is 5.97 Å². The van der Waals surface area contributed by atoms with Crippen LogP contribution in [0.5, 0.6) is 11.5 Å². The average molecular weight is 458 g/mol. The van der Waals surface area contributed by atoms with Crippen LogP contribution < -0.4 is 14.8 Å². The van der Waals surface area contributed by atoms with Crippen LogP contribution in [0.2, 0.25) is 0 Å². The summed E-state index contributed by atoms with van der Waals surface area (Å²) >= 11 is 3.64. The zero-order chi connectivity index (χ0) is 20.3. The summed E-state index contributed by atoms with van der Waals surface area (Å²) < 4.78 is 12.0. The molecule has 29 heavy (non-hydrogen) atoms. The van der Waals surface area contributed by atoms with Crippen molar-refractivity contribution in [2.75, 3.05) is 19.5 Å². The van der Waals surface area contributed by atoms with Crippen LogP contribution in [0.4, 0.5) is 5.69 Å². The molecule has 3 aliphatic rings. The molecule has 2 saturated carbocycles. The lowest BCUT2D eigenvalue weighted by Crippen LogP contribution is -2.35. The number of anilines is 1. The van der Waals surface area contributed by atoms with Gasteiger partial charge < -0.3 is 19.9 Å². The molecule has 1 heterocycles. The molecular weight excluding hydrogens is 434 g/mol. The molecule has 5 rings (SSSR count). The lowest BCUT2D eigenvalue weighted by atomic mass is 9.68. The Bertz CT molecular complexity index is 991. The number of aromatic carboxylic acids is 1. The van der Waals surface area contributed by atoms with Crippen LogP contribution in [0.25, 0.3) is 0 Å². The third kappa shape index (κ3) is 2.83. The Morgan fingerprint density at radius 2 is 1.93 bits per heavy atom. The summed E-state index contributed by atoms with van der Waals surface area (Å²) in [5, 5.41) is 13.2. The number of hydrogen-bond acceptors (Lipinski definition) is 4. The topological polar surface area (TPSA) is 67.8 Å². The number of carboxylic acids is 1. The van der Waals surface area contributed by atoms with Gasteiger partial charge in [0.05, 0.1) is 30.3 Å². The molecule has 6 heteroatoms. The molecular formula is C23H24BrNO4. The Morgan fingerprint density at radius 3 is 2.66 bits per heavy atom. The SMILES string of the molecule is COc1cc(C2Nc3ccc(C(=O)O)cc3C3C4CCC(C4)C23)cc(Br)c1OC. The summed E-state index contributed by atoms with van der Waals surface area (Å²) in [5.41, 5.74) is 3.78. The van der Waals surface area contributed by atoms with Gasteiger partial charge in [-0.2, -0.15) is 0 Å². The van der Waals surface area contributed by atoms with Gasteiger partial charge >= 0.3 is 5.97 Å². The highest BCUT2D eigenvalue weighted by Gasteiger charge is 2.54. The summed E-state index contributed by atoms with van der Waals surface area (Å²) in [4.78, 5) is 11.5. The van der Waals surface area contributed by atoms with Gasteiger partial charge in [0.2, 0.25) is 0 Å². The molecule has 5 unspecified atom stereocenters. The van der Waals surface area contributed by atoms with Crippen molar-refractivity contribution in [2.45, 2.75) is 31.2 Å². The van der Waals surface area contributed by atoms with Crippen molar-refractivity contribution in [3.8, 4) is 11.5 Å². The third-order valence-electron chi connectivity index (χ3n) is 7.15. The van der Waals surface area contributed by atoms with Crippen molar-refractivity contribution in [3.05, 3.63) is 51.5 Å². The number of benzene rings is 2. The first-order valence-electron chi connectivity index (χ1n) is 10.1. The molecule has 2 N–H and O–H groups in total. The van der Waals surface area contributed by atoms with Crippen LogP contribution >= 0.6 is 15.9 Å². The van der Waals surface area contributed by atoms with Crippen molar-refractivity contribution >= 4 is 27.6 Å². The quantitative estimate of drug-likeness (QED) is 0.637. The maximum Gasteiger partial charge on any atom is 0.335 e. The number of nitrogens with one attached hydrogen (secondary N) is 1. The zero-order valence-corrected chi connectivity index (χ0v) is 18.0. The molecule has 0 amide bonds. The van der Waals surface area contributed by atoms with E-state index in [1.54, 1.807) is 20.3 Å². The molecule has 1 aliphatic heterocycles. The first-order valence-corrected chi connectivity index (χ1v) is 10.9. The highest BCUT2D eigenvalue weighted by atomic mass is 79.9. The van der Waals surface area contributed by atoms with Gasteiger partial charge in [-0.3, -0.25) is 0 Å². The van der Waals surface area contributed by atoms with Gasteiger partial charge in [0, 0.05) is 5.69 Å². The molecule has 2 fully saturated rings. The highest BCUT2D eigenvalue weighted by molar-refractivity contribution is 9.10. The van der Waals surface area contributed by atoms with Gasteiger partial charge in [0.25, 0.3) is 0 Å². The van der Waals surface area contributed by atoms with E-state index in [1.807, 2.05) is 12.1 Å². The number of fused-ring (bicyclic) bond motifs is 7. The Morgan fingerprint density at radius 1 is 1.14 bits per heavy atom. The number of methoxy groups -OCH3 is 2. The number of rotatable bonds is 4. The third-order valence-corrected chi connectivity index (χ3v) is 7.74. The molecule has 0 aromatic heterocycles. The number of halogens is 1. The molecule has 0 radical (unpaired) electrons. The van der Waals surface area contributed by atoms with Crippen molar-refractivity contribution in [2.24, 2.45) is 17.8 Å². The Balaban J connectivity index is 1.62. The monoisotopic (exact) mass is 457 g/mol. The average Bonchev–Trinajstić information content (AvgIpc) is 3.34. The lowest BCUT2D eigenvalue weighted by molar-refractivity contribution is 0.0696. The molecule has 2 aromatic rings. The maximum atomic E-state index is 11.5. The normalized spacial score (nSPS) is 29.0. The van der Waals surface area contributed by atoms with Gasteiger partial charge in [-0.25, -0.2) is 4.79 Å². The Labute approximate surface area is 178 Å². The fraction of sp³-hybridized carbons (Fsp3) is 0.435. The van der Waals surface area contributed by atoms with E-state index in [2.05, 4.69) is 33.4 Å². The summed E-state index contributed by atoms with van der Waals surface area (Å²) in [5.74, 6) is 2.71. The number of carbonyl (C=O) groups is 1. The minimum Gasteiger partial charge on any atom is -0.493 e. The molecule has 2 aromatic carbocycles. The minimum absolute atomic E-state index is 0.162. The van der Waals surface area contributed by atoms with Crippen LogP contribution in [-0.2, 0) is 0 Å². The predicted octanol–water partition coefficient (Wildman–Crippen LogP) is 5.46. The van der Waals surface area contributed by atoms with Crippen LogP contribution in [0.1, 0.15) is 52.7 Å². The standard InChI is InChI=1S/C23H24BrNO4/c1-28-18-10-14(9-16(24)22(18)29-2)21-20-12-4-3-11(7-12)19(20)15-8-13(23(26)27)5-6-17(15)25-21/h5-6,8-12,19-21,25H,3-4,7H2,1-2H3,(H,26,27). The summed E-state index contributed by atoms with van der Waals surface area (Å²) in [6.45, 7) is 0. The minimum atomic E-state index is -0.863. The van der Waals surface area contributed by atoms with Crippen molar-refractivity contribution in [1.29, 1.82) is 0 Å². The molecule has 0 spiro atoms. The van der Waals surface area contributed by atoms with Crippen LogP contribution in [-0.4, -0.2) is 25.3 Å². The van der Waals surface area contributed by atoms with E-state index >= 15 is 0 Å². The maximum absolute atomic E-state index is 11.5. The molecule has 5 atom stereocenters. The highest BCUT2D eigenvalue weighted by Crippen LogP contribution is 2.64. The van der Waals surface area contributed by atoms with Gasteiger partial charge in [-0.15, -0.1) is 0 Å². The summed E-state index contributed by atoms with van der Waals surface area (Å²) in [7, 11) is 3.30. The fourth-order valence-electron chi connectivity index (χ4n) is 6.07. The van der Waals surface area contributed by atoms with Gasteiger partial charge in [0.1, 0.15) is 0 Å². The lowest BCUT2D eigenvalue weighted by Gasteiger charge is -2.43. The first kappa shape index (κ1) is 18.8. The second-order valence-corrected chi connectivity index (χ2v) is 9.26. The van der Waals surface area contributed by atoms with Crippen molar-refractivity contribution in [3.63, 3.8) is 0 Å². The van der Waals surface area contributed by atoms with Crippen molar-refractivity contribution < 1.29 is 19.4 Å². The van der Waals surface area contributed by atoms with E-state index in [0.29, 0.717) is 40.7 Å². The van der Waals surface area contributed by atoms with Crippen LogP contribution in [0, 0.1) is 17.8 Å². The summed E-state index contributed by atoms with van der Waals surface area (Å²) in [6.07, 6.45) is 3.73. The Hall–Kier alpha value is -2.21. The smallest absolute Gasteiger partial charge is 0.335 e. The Kier molecular flexibility index (Phi) is 4.50. The van der Waals surface area contributed by atoms with E-state index in [0.717, 1.165) is 10.2 Å². The van der Waals surface area contributed by atoms with E-state index in [-0.39, 0.29) is 6.04 Å². The molecule has 152 valence electrons. The van der Waals surface area contributed by atoms with Gasteiger partial charge in [-0.05, 0) is 100 Å².